The molecule has 0 bridgehead atoms. The molecule has 3 N–H and O–H groups in total. The minimum absolute atomic E-state index is 0.0274. The normalized spacial score (nSPS) is 11.4. The van der Waals surface area contributed by atoms with Crippen LogP contribution in [-0.2, 0) is 12.7 Å². The predicted molar refractivity (Wildman–Crippen MR) is 148 cm³/mol. The first-order valence-corrected chi connectivity index (χ1v) is 13.2. The number of halogens is 3. The van der Waals surface area contributed by atoms with Crippen molar-refractivity contribution in [2.75, 3.05) is 11.9 Å². The Morgan fingerprint density at radius 2 is 1.86 bits per heavy atom. The molecule has 5 aromatic heterocycles. The molecule has 0 aliphatic heterocycles. The zero-order chi connectivity index (χ0) is 30.0. The van der Waals surface area contributed by atoms with Crippen LogP contribution in [0.1, 0.15) is 28.5 Å². The molecule has 0 radical (unpaired) electrons. The molecule has 5 rings (SSSR count). The number of nitrogens with zero attached hydrogens (tertiary/aromatic N) is 5. The highest BCUT2D eigenvalue weighted by molar-refractivity contribution is 7.13. The van der Waals surface area contributed by atoms with Crippen LogP contribution in [0.5, 0.6) is 0 Å². The van der Waals surface area contributed by atoms with Gasteiger partial charge in [-0.15, -0.1) is 11.3 Å². The van der Waals surface area contributed by atoms with E-state index in [-0.39, 0.29) is 39.6 Å². The first kappa shape index (κ1) is 28.4. The Morgan fingerprint density at radius 1 is 1.10 bits per heavy atom. The summed E-state index contributed by atoms with van der Waals surface area (Å²) >= 11 is 0.729. The maximum absolute atomic E-state index is 13.4. The molecular formula is C27H20F3N7O4S. The molecule has 0 saturated carbocycles. The van der Waals surface area contributed by atoms with Crippen molar-refractivity contribution in [2.45, 2.75) is 19.6 Å². The summed E-state index contributed by atoms with van der Waals surface area (Å²) in [7, 11) is 0. The first-order valence-electron chi connectivity index (χ1n) is 12.3. The second-order valence-corrected chi connectivity index (χ2v) is 9.74. The number of carbonyl (C=O) groups excluding carboxylic acids is 1. The molecule has 0 spiro atoms. The van der Waals surface area contributed by atoms with E-state index in [0.29, 0.717) is 12.1 Å². The maximum Gasteiger partial charge on any atom is 0.434 e. The van der Waals surface area contributed by atoms with Crippen LogP contribution in [0, 0.1) is 0 Å². The molecule has 15 heteroatoms. The Balaban J connectivity index is 1.68. The number of carboxylic acid groups (broad SMARTS) is 1. The minimum Gasteiger partial charge on any atom is -0.477 e. The number of fused-ring (bicyclic) bond motifs is 1. The van der Waals surface area contributed by atoms with Crippen molar-refractivity contribution in [3.63, 3.8) is 0 Å². The van der Waals surface area contributed by atoms with E-state index in [1.165, 1.54) is 30.7 Å². The summed E-state index contributed by atoms with van der Waals surface area (Å²) in [4.78, 5) is 53.6. The van der Waals surface area contributed by atoms with Crippen LogP contribution in [0.2, 0.25) is 0 Å². The average Bonchev–Trinajstić information content (AvgIpc) is 3.46. The number of nitrogens with one attached hydrogen (secondary N) is 2. The number of urea groups is 1. The summed E-state index contributed by atoms with van der Waals surface area (Å²) in [6, 6.07) is 5.62. The van der Waals surface area contributed by atoms with E-state index in [9.17, 15) is 32.7 Å². The number of pyridine rings is 4. The van der Waals surface area contributed by atoms with Crippen LogP contribution in [0.4, 0.5) is 23.8 Å². The zero-order valence-corrected chi connectivity index (χ0v) is 22.5. The number of hydrogen-bond acceptors (Lipinski definition) is 8. The quantitative estimate of drug-likeness (QED) is 0.241. The topological polar surface area (TPSA) is 152 Å². The van der Waals surface area contributed by atoms with Crippen LogP contribution in [0.15, 0.2) is 65.4 Å². The number of alkyl halides is 3. The minimum atomic E-state index is -4.68. The van der Waals surface area contributed by atoms with Gasteiger partial charge >= 0.3 is 18.2 Å². The lowest BCUT2D eigenvalue weighted by Crippen LogP contribution is -2.28. The number of hydrogen-bond donors (Lipinski definition) is 3. The van der Waals surface area contributed by atoms with Gasteiger partial charge in [0.1, 0.15) is 16.4 Å². The Morgan fingerprint density at radius 3 is 2.52 bits per heavy atom. The van der Waals surface area contributed by atoms with Gasteiger partial charge in [0, 0.05) is 54.4 Å². The van der Waals surface area contributed by atoms with E-state index in [1.54, 1.807) is 36.0 Å². The van der Waals surface area contributed by atoms with E-state index in [2.05, 4.69) is 30.6 Å². The van der Waals surface area contributed by atoms with E-state index in [1.807, 2.05) is 0 Å². The highest BCUT2D eigenvalue weighted by Crippen LogP contribution is 2.38. The largest absolute Gasteiger partial charge is 0.477 e. The highest BCUT2D eigenvalue weighted by atomic mass is 32.1. The van der Waals surface area contributed by atoms with Gasteiger partial charge in [0.05, 0.1) is 22.8 Å². The second-order valence-electron chi connectivity index (χ2n) is 8.88. The van der Waals surface area contributed by atoms with Crippen molar-refractivity contribution in [1.82, 2.24) is 29.8 Å². The van der Waals surface area contributed by atoms with Crippen molar-refractivity contribution in [3.8, 4) is 21.8 Å². The Kier molecular flexibility index (Phi) is 7.67. The van der Waals surface area contributed by atoms with Gasteiger partial charge in [-0.1, -0.05) is 0 Å². The molecule has 0 unspecified atom stereocenters. The van der Waals surface area contributed by atoms with Gasteiger partial charge in [0.15, 0.2) is 5.69 Å². The summed E-state index contributed by atoms with van der Waals surface area (Å²) in [6.45, 7) is 2.26. The number of rotatable bonds is 7. The van der Waals surface area contributed by atoms with E-state index < -0.39 is 34.9 Å². The lowest BCUT2D eigenvalue weighted by molar-refractivity contribution is -0.140. The number of thiazole rings is 1. The van der Waals surface area contributed by atoms with E-state index >= 15 is 0 Å². The molecule has 11 nitrogen and oxygen atoms in total. The van der Waals surface area contributed by atoms with Crippen LogP contribution in [-0.4, -0.2) is 48.2 Å². The lowest BCUT2D eigenvalue weighted by atomic mass is 10.0. The summed E-state index contributed by atoms with van der Waals surface area (Å²) in [6.07, 6.45) is 2.38. The fourth-order valence-electron chi connectivity index (χ4n) is 4.16. The van der Waals surface area contributed by atoms with Gasteiger partial charge in [0.25, 0.3) is 0 Å². The molecule has 0 aliphatic carbocycles. The van der Waals surface area contributed by atoms with E-state index in [4.69, 9.17) is 0 Å². The third kappa shape index (κ3) is 5.81. The molecule has 0 fully saturated rings. The van der Waals surface area contributed by atoms with Gasteiger partial charge in [0.2, 0.25) is 5.43 Å². The number of aromatic carboxylic acids is 1. The van der Waals surface area contributed by atoms with Crippen LogP contribution < -0.4 is 16.1 Å². The van der Waals surface area contributed by atoms with Crippen molar-refractivity contribution < 1.29 is 27.9 Å². The van der Waals surface area contributed by atoms with Crippen LogP contribution in [0.25, 0.3) is 32.7 Å². The van der Waals surface area contributed by atoms with Crippen LogP contribution in [0.3, 0.4) is 0 Å². The van der Waals surface area contributed by atoms with Gasteiger partial charge in [-0.3, -0.25) is 20.1 Å². The molecule has 0 aliphatic rings. The van der Waals surface area contributed by atoms with E-state index in [0.717, 1.165) is 22.3 Å². The summed E-state index contributed by atoms with van der Waals surface area (Å²) in [5.74, 6) is -1.38. The number of carboxylic acids is 1. The van der Waals surface area contributed by atoms with Gasteiger partial charge in [-0.2, -0.15) is 13.2 Å². The summed E-state index contributed by atoms with van der Waals surface area (Å²) in [5.41, 5.74) is -0.691. The zero-order valence-electron chi connectivity index (χ0n) is 21.6. The molecule has 214 valence electrons. The van der Waals surface area contributed by atoms with Crippen LogP contribution >= 0.6 is 11.3 Å². The molecule has 0 atom stereocenters. The molecule has 42 heavy (non-hydrogen) atoms. The third-order valence-electron chi connectivity index (χ3n) is 6.08. The van der Waals surface area contributed by atoms with Gasteiger partial charge in [-0.25, -0.2) is 19.6 Å². The maximum atomic E-state index is 13.4. The number of carbonyl (C=O) groups is 2. The fourth-order valence-corrected chi connectivity index (χ4v) is 5.01. The molecule has 2 amide bonds. The van der Waals surface area contributed by atoms with Gasteiger partial charge in [-0.05, 0) is 36.8 Å². The number of aromatic nitrogens is 5. The summed E-state index contributed by atoms with van der Waals surface area (Å²) in [5, 5.41) is 15.6. The smallest absolute Gasteiger partial charge is 0.434 e. The van der Waals surface area contributed by atoms with Crippen molar-refractivity contribution in [2.24, 2.45) is 0 Å². The Labute approximate surface area is 238 Å². The number of amides is 2. The highest BCUT2D eigenvalue weighted by Gasteiger charge is 2.34. The van der Waals surface area contributed by atoms with Crippen molar-refractivity contribution in [3.05, 3.63) is 87.7 Å². The van der Waals surface area contributed by atoms with Gasteiger partial charge < -0.3 is 15.0 Å². The Bertz CT molecular complexity index is 1870. The molecular weight excluding hydrogens is 575 g/mol. The summed E-state index contributed by atoms with van der Waals surface area (Å²) < 4.78 is 41.6. The Hall–Kier alpha value is -5.18. The first-order chi connectivity index (χ1) is 20.0. The molecule has 0 aromatic carbocycles. The van der Waals surface area contributed by atoms with Crippen molar-refractivity contribution in [1.29, 1.82) is 0 Å². The second kappa shape index (κ2) is 11.4. The van der Waals surface area contributed by atoms with Crippen molar-refractivity contribution >= 4 is 40.1 Å². The monoisotopic (exact) mass is 595 g/mol. The molecule has 5 heterocycles. The fraction of sp³-hybridized carbons (Fsp3) is 0.148. The third-order valence-corrected chi connectivity index (χ3v) is 6.96. The average molecular weight is 596 g/mol. The lowest BCUT2D eigenvalue weighted by Gasteiger charge is -2.14. The standard InChI is InChI=1S/C27H20F3N7O4S/c1-2-32-26(41)36-22-8-15(24-35-21(13-42-24)27(28,29)30)17(9-34-22)19-7-16-20(10-33-19)37(11-14-3-5-31-6-4-14)12-18(23(16)38)25(39)40/h3-10,12-13H,2,11H2,1H3,(H,39,40)(H2,32,34,36,41). The number of anilines is 1. The predicted octanol–water partition coefficient (Wildman–Crippen LogP) is 4.88. The SMILES string of the molecule is CCNC(=O)Nc1cc(-c2nc(C(F)(F)F)cs2)c(-c2cc3c(=O)c(C(=O)O)cn(Cc4ccncc4)c3cn2)cn1. The molecule has 5 aromatic rings. The molecule has 0 saturated heterocycles.